The number of amides is 2. The Morgan fingerprint density at radius 1 is 1.13 bits per heavy atom. The average molecular weight is 510 g/mol. The highest BCUT2D eigenvalue weighted by Crippen LogP contribution is 2.23. The van der Waals surface area contributed by atoms with Crippen LogP contribution in [0.25, 0.3) is 0 Å². The lowest BCUT2D eigenvalue weighted by Gasteiger charge is -2.31. The van der Waals surface area contributed by atoms with E-state index in [1.54, 1.807) is 38.1 Å². The minimum atomic E-state index is -3.73. The molecule has 2 aromatic carbocycles. The first kappa shape index (κ1) is 24.9. The maximum Gasteiger partial charge on any atom is 0.244 e. The van der Waals surface area contributed by atoms with Crippen molar-refractivity contribution in [2.75, 3.05) is 23.7 Å². The van der Waals surface area contributed by atoms with Crippen molar-refractivity contribution >= 4 is 43.5 Å². The van der Waals surface area contributed by atoms with Gasteiger partial charge in [0, 0.05) is 17.6 Å². The Hall–Kier alpha value is -2.39. The van der Waals surface area contributed by atoms with Crippen LogP contribution in [0.3, 0.4) is 0 Å². The molecule has 1 atom stereocenters. The number of nitrogens with zero attached hydrogens (tertiary/aromatic N) is 2. The van der Waals surface area contributed by atoms with E-state index >= 15 is 0 Å². The summed E-state index contributed by atoms with van der Waals surface area (Å²) in [6.07, 6.45) is 1.05. The lowest BCUT2D eigenvalue weighted by Crippen LogP contribution is -2.51. The lowest BCUT2D eigenvalue weighted by atomic mass is 10.1. The summed E-state index contributed by atoms with van der Waals surface area (Å²) in [6.45, 7) is 5.60. The first-order valence-electron chi connectivity index (χ1n) is 9.89. The van der Waals surface area contributed by atoms with E-state index in [4.69, 9.17) is 0 Å². The van der Waals surface area contributed by atoms with E-state index in [9.17, 15) is 18.0 Å². The van der Waals surface area contributed by atoms with Crippen LogP contribution in [0.15, 0.2) is 53.0 Å². The molecule has 0 aliphatic carbocycles. The standard InChI is InChI=1S/C22H28BrN3O4S/c1-5-24-22(28)17(3)25(14-18-9-6-8-16(2)12-18)21(27)15-26(31(4,29)30)20-11-7-10-19(23)13-20/h6-13,17H,5,14-15H2,1-4H3,(H,24,28)/t17-/m1/s1. The molecular weight excluding hydrogens is 482 g/mol. The molecule has 0 bridgehead atoms. The van der Waals surface area contributed by atoms with Gasteiger partial charge in [-0.25, -0.2) is 8.42 Å². The Bertz CT molecular complexity index is 1040. The third kappa shape index (κ3) is 7.07. The number of likely N-dealkylation sites (N-methyl/N-ethyl adjacent to an activating group) is 1. The molecule has 0 saturated heterocycles. The summed E-state index contributed by atoms with van der Waals surface area (Å²) >= 11 is 3.33. The number of carbonyl (C=O) groups excluding carboxylic acids is 2. The van der Waals surface area contributed by atoms with E-state index in [2.05, 4.69) is 21.2 Å². The number of sulfonamides is 1. The molecule has 2 amide bonds. The van der Waals surface area contributed by atoms with Crippen LogP contribution >= 0.6 is 15.9 Å². The minimum Gasteiger partial charge on any atom is -0.355 e. The number of anilines is 1. The maximum atomic E-state index is 13.3. The van der Waals surface area contributed by atoms with Crippen molar-refractivity contribution in [1.82, 2.24) is 10.2 Å². The highest BCUT2D eigenvalue weighted by atomic mass is 79.9. The quantitative estimate of drug-likeness (QED) is 0.562. The molecule has 9 heteroatoms. The molecule has 0 spiro atoms. The first-order chi connectivity index (χ1) is 14.5. The Kier molecular flexibility index (Phi) is 8.64. The number of nitrogens with one attached hydrogen (secondary N) is 1. The second-order valence-electron chi connectivity index (χ2n) is 7.33. The van der Waals surface area contributed by atoms with Gasteiger partial charge >= 0.3 is 0 Å². The fraction of sp³-hybridized carbons (Fsp3) is 0.364. The molecular formula is C22H28BrN3O4S. The molecule has 0 aromatic heterocycles. The molecule has 0 unspecified atom stereocenters. The van der Waals surface area contributed by atoms with Crippen molar-refractivity contribution in [1.29, 1.82) is 0 Å². The van der Waals surface area contributed by atoms with E-state index in [1.165, 1.54) is 4.90 Å². The smallest absolute Gasteiger partial charge is 0.244 e. The van der Waals surface area contributed by atoms with Gasteiger partial charge in [0.1, 0.15) is 12.6 Å². The third-order valence-electron chi connectivity index (χ3n) is 4.73. The van der Waals surface area contributed by atoms with Crippen molar-refractivity contribution in [3.63, 3.8) is 0 Å². The number of halogens is 1. The molecule has 7 nitrogen and oxygen atoms in total. The summed E-state index contributed by atoms with van der Waals surface area (Å²) in [5.74, 6) is -0.762. The molecule has 0 fully saturated rings. The average Bonchev–Trinajstić information content (AvgIpc) is 2.69. The van der Waals surface area contributed by atoms with Gasteiger partial charge in [-0.15, -0.1) is 0 Å². The van der Waals surface area contributed by atoms with Gasteiger partial charge in [0.2, 0.25) is 21.8 Å². The second-order valence-corrected chi connectivity index (χ2v) is 10.2. The summed E-state index contributed by atoms with van der Waals surface area (Å²) < 4.78 is 26.7. The fourth-order valence-corrected chi connectivity index (χ4v) is 4.39. The molecule has 0 radical (unpaired) electrons. The largest absolute Gasteiger partial charge is 0.355 e. The highest BCUT2D eigenvalue weighted by Gasteiger charge is 2.29. The molecule has 1 N–H and O–H groups in total. The number of hydrogen-bond donors (Lipinski definition) is 1. The topological polar surface area (TPSA) is 86.8 Å². The summed E-state index contributed by atoms with van der Waals surface area (Å²) in [5, 5.41) is 2.73. The number of carbonyl (C=O) groups is 2. The summed E-state index contributed by atoms with van der Waals surface area (Å²) in [4.78, 5) is 27.2. The van der Waals surface area contributed by atoms with E-state index in [0.29, 0.717) is 16.7 Å². The molecule has 0 saturated carbocycles. The van der Waals surface area contributed by atoms with Crippen LogP contribution in [-0.4, -0.2) is 50.5 Å². The Morgan fingerprint density at radius 2 is 1.81 bits per heavy atom. The van der Waals surface area contributed by atoms with Gasteiger partial charge in [-0.2, -0.15) is 0 Å². The zero-order chi connectivity index (χ0) is 23.2. The normalized spacial score (nSPS) is 12.2. The van der Waals surface area contributed by atoms with Crippen molar-refractivity contribution in [3.8, 4) is 0 Å². The van der Waals surface area contributed by atoms with Gasteiger partial charge in [-0.05, 0) is 44.5 Å². The van der Waals surface area contributed by atoms with Crippen molar-refractivity contribution in [3.05, 3.63) is 64.1 Å². The summed E-state index contributed by atoms with van der Waals surface area (Å²) in [5.41, 5.74) is 2.26. The number of hydrogen-bond acceptors (Lipinski definition) is 4. The Balaban J connectivity index is 2.38. The maximum absolute atomic E-state index is 13.3. The molecule has 2 rings (SSSR count). The van der Waals surface area contributed by atoms with Gasteiger partial charge in [-0.1, -0.05) is 51.8 Å². The van der Waals surface area contributed by atoms with Crippen molar-refractivity contribution < 1.29 is 18.0 Å². The number of rotatable bonds is 9. The summed E-state index contributed by atoms with van der Waals surface area (Å²) in [6, 6.07) is 13.6. The van der Waals surface area contributed by atoms with Gasteiger partial charge in [0.15, 0.2) is 0 Å². The molecule has 0 aliphatic heterocycles. The van der Waals surface area contributed by atoms with E-state index < -0.39 is 28.5 Å². The molecule has 0 heterocycles. The zero-order valence-electron chi connectivity index (χ0n) is 18.1. The second kappa shape index (κ2) is 10.8. The van der Waals surface area contributed by atoms with Crippen LogP contribution in [-0.2, 0) is 26.2 Å². The summed E-state index contributed by atoms with van der Waals surface area (Å²) in [7, 11) is -3.73. The van der Waals surface area contributed by atoms with E-state index in [1.807, 2.05) is 31.2 Å². The van der Waals surface area contributed by atoms with Gasteiger partial charge < -0.3 is 10.2 Å². The lowest BCUT2D eigenvalue weighted by molar-refractivity contribution is -0.139. The van der Waals surface area contributed by atoms with Crippen LogP contribution in [0.5, 0.6) is 0 Å². The monoisotopic (exact) mass is 509 g/mol. The SMILES string of the molecule is CCNC(=O)[C@@H](C)N(Cc1cccc(C)c1)C(=O)CN(c1cccc(Br)c1)S(C)(=O)=O. The van der Waals surface area contributed by atoms with Gasteiger partial charge in [-0.3, -0.25) is 13.9 Å². The van der Waals surface area contributed by atoms with Crippen LogP contribution < -0.4 is 9.62 Å². The van der Waals surface area contributed by atoms with E-state index in [-0.39, 0.29) is 12.5 Å². The predicted octanol–water partition coefficient (Wildman–Crippen LogP) is 3.08. The first-order valence-corrected chi connectivity index (χ1v) is 12.5. The highest BCUT2D eigenvalue weighted by molar-refractivity contribution is 9.10. The van der Waals surface area contributed by atoms with Crippen molar-refractivity contribution in [2.24, 2.45) is 0 Å². The molecule has 168 valence electrons. The minimum absolute atomic E-state index is 0.189. The Morgan fingerprint density at radius 3 is 2.39 bits per heavy atom. The number of benzene rings is 2. The molecule has 2 aromatic rings. The zero-order valence-corrected chi connectivity index (χ0v) is 20.5. The van der Waals surface area contributed by atoms with Gasteiger partial charge in [0.05, 0.1) is 11.9 Å². The number of aryl methyl sites for hydroxylation is 1. The van der Waals surface area contributed by atoms with Crippen molar-refractivity contribution in [2.45, 2.75) is 33.4 Å². The Labute approximate surface area is 192 Å². The van der Waals surface area contributed by atoms with Crippen LogP contribution in [0.4, 0.5) is 5.69 Å². The third-order valence-corrected chi connectivity index (χ3v) is 6.36. The van der Waals surface area contributed by atoms with Crippen LogP contribution in [0, 0.1) is 6.92 Å². The van der Waals surface area contributed by atoms with Crippen LogP contribution in [0.1, 0.15) is 25.0 Å². The fourth-order valence-electron chi connectivity index (χ4n) is 3.16. The van der Waals surface area contributed by atoms with Crippen LogP contribution in [0.2, 0.25) is 0 Å². The van der Waals surface area contributed by atoms with Gasteiger partial charge in [0.25, 0.3) is 0 Å². The van der Waals surface area contributed by atoms with E-state index in [0.717, 1.165) is 21.7 Å². The predicted molar refractivity (Wildman–Crippen MR) is 126 cm³/mol. The molecule has 31 heavy (non-hydrogen) atoms. The molecule has 0 aliphatic rings.